The molecule has 1 aromatic carbocycles. The predicted octanol–water partition coefficient (Wildman–Crippen LogP) is 1.58. The summed E-state index contributed by atoms with van der Waals surface area (Å²) in [5.74, 6) is -1.07. The van der Waals surface area contributed by atoms with Gasteiger partial charge in [-0.1, -0.05) is 6.92 Å². The monoisotopic (exact) mass is 326 g/mol. The van der Waals surface area contributed by atoms with Crippen LogP contribution >= 0.6 is 0 Å². The van der Waals surface area contributed by atoms with Crippen LogP contribution < -0.4 is 5.32 Å². The number of carbonyl (C=O) groups is 2. The summed E-state index contributed by atoms with van der Waals surface area (Å²) in [5.41, 5.74) is 1.04. The van der Waals surface area contributed by atoms with E-state index in [0.29, 0.717) is 23.8 Å². The second kappa shape index (κ2) is 7.02. The number of nitrogens with one attached hydrogen (secondary N) is 1. The lowest BCUT2D eigenvalue weighted by Gasteiger charge is -2.43. The lowest BCUT2D eigenvalue weighted by atomic mass is 10.0. The van der Waals surface area contributed by atoms with E-state index in [1.807, 2.05) is 6.07 Å². The van der Waals surface area contributed by atoms with Gasteiger partial charge in [0, 0.05) is 30.9 Å². The number of fused-ring (bicyclic) bond motifs is 1. The summed E-state index contributed by atoms with van der Waals surface area (Å²) in [6, 6.07) is 9.01. The Labute approximate surface area is 142 Å². The fourth-order valence-electron chi connectivity index (χ4n) is 3.63. The Hall–Kier alpha value is -2.39. The molecule has 2 aliphatic heterocycles. The molecule has 2 aliphatic rings. The van der Waals surface area contributed by atoms with Crippen LogP contribution in [0.4, 0.5) is 5.69 Å². The minimum absolute atomic E-state index is 0.0959. The van der Waals surface area contributed by atoms with E-state index in [9.17, 15) is 9.59 Å². The molecule has 0 aliphatic carbocycles. The summed E-state index contributed by atoms with van der Waals surface area (Å²) in [6.45, 7) is 4.65. The Morgan fingerprint density at radius 2 is 2.04 bits per heavy atom. The summed E-state index contributed by atoms with van der Waals surface area (Å²) in [4.78, 5) is 29.1. The van der Waals surface area contributed by atoms with E-state index in [1.165, 1.54) is 6.42 Å². The number of amides is 2. The van der Waals surface area contributed by atoms with Crippen molar-refractivity contribution in [2.24, 2.45) is 0 Å². The summed E-state index contributed by atoms with van der Waals surface area (Å²) in [5, 5.41) is 11.4. The van der Waals surface area contributed by atoms with Gasteiger partial charge in [-0.15, -0.1) is 0 Å². The van der Waals surface area contributed by atoms with Crippen molar-refractivity contribution < 1.29 is 9.59 Å². The van der Waals surface area contributed by atoms with Crippen LogP contribution in [0.3, 0.4) is 0 Å². The minimum atomic E-state index is -0.607. The zero-order valence-electron chi connectivity index (χ0n) is 13.9. The summed E-state index contributed by atoms with van der Waals surface area (Å²) >= 11 is 0. The number of benzene rings is 1. The van der Waals surface area contributed by atoms with Crippen LogP contribution in [0.25, 0.3) is 0 Å². The highest BCUT2D eigenvalue weighted by atomic mass is 16.2. The third-order valence-electron chi connectivity index (χ3n) is 4.99. The van der Waals surface area contributed by atoms with Crippen molar-refractivity contribution in [2.75, 3.05) is 25.0 Å². The molecule has 0 spiro atoms. The molecule has 3 rings (SSSR count). The molecule has 0 radical (unpaired) electrons. The summed E-state index contributed by atoms with van der Waals surface area (Å²) in [7, 11) is 0. The van der Waals surface area contributed by atoms with Gasteiger partial charge in [-0.05, 0) is 50.1 Å². The Morgan fingerprint density at radius 3 is 2.71 bits per heavy atom. The van der Waals surface area contributed by atoms with Gasteiger partial charge in [-0.3, -0.25) is 14.5 Å². The van der Waals surface area contributed by atoms with Crippen LogP contribution in [-0.2, 0) is 9.59 Å². The molecule has 2 unspecified atom stereocenters. The molecule has 0 aromatic heterocycles. The van der Waals surface area contributed by atoms with Gasteiger partial charge in [0.1, 0.15) is 0 Å². The van der Waals surface area contributed by atoms with Crippen molar-refractivity contribution in [1.82, 2.24) is 9.80 Å². The summed E-state index contributed by atoms with van der Waals surface area (Å²) < 4.78 is 0. The number of rotatable bonds is 2. The Balaban J connectivity index is 1.67. The molecule has 2 atom stereocenters. The maximum atomic E-state index is 12.6. The molecule has 6 nitrogen and oxygen atoms in total. The second-order valence-electron chi connectivity index (χ2n) is 6.45. The van der Waals surface area contributed by atoms with Gasteiger partial charge in [-0.25, -0.2) is 0 Å². The number of nitrogens with zero attached hydrogens (tertiary/aromatic N) is 3. The molecule has 2 fully saturated rings. The van der Waals surface area contributed by atoms with Crippen molar-refractivity contribution in [3.05, 3.63) is 29.8 Å². The highest BCUT2D eigenvalue weighted by Gasteiger charge is 2.39. The highest BCUT2D eigenvalue weighted by Crippen LogP contribution is 2.26. The number of piperazine rings is 1. The minimum Gasteiger partial charge on any atom is -0.329 e. The largest absolute Gasteiger partial charge is 0.329 e. The van der Waals surface area contributed by atoms with Gasteiger partial charge in [0.2, 0.25) is 0 Å². The van der Waals surface area contributed by atoms with E-state index in [1.54, 1.807) is 29.2 Å². The molecule has 6 heteroatoms. The first-order valence-electron chi connectivity index (χ1n) is 8.48. The van der Waals surface area contributed by atoms with Crippen LogP contribution in [0.1, 0.15) is 31.7 Å². The quantitative estimate of drug-likeness (QED) is 0.837. The topological polar surface area (TPSA) is 76.4 Å². The molecular weight excluding hydrogens is 304 g/mol. The number of carbonyl (C=O) groups excluding carboxylic acids is 2. The molecule has 24 heavy (non-hydrogen) atoms. The number of nitriles is 1. The molecule has 2 heterocycles. The second-order valence-corrected chi connectivity index (χ2v) is 6.45. The first-order chi connectivity index (χ1) is 11.6. The third kappa shape index (κ3) is 3.26. The lowest BCUT2D eigenvalue weighted by Crippen LogP contribution is -2.59. The Morgan fingerprint density at radius 1 is 1.29 bits per heavy atom. The standard InChI is InChI=1S/C18H22N4O2/c1-2-15-11-21-9-3-4-16(21)12-22(15)18(24)17(23)20-14-7-5-13(10-19)6-8-14/h5-8,15-16H,2-4,9,11-12H2,1H3,(H,20,23). The SMILES string of the molecule is CCC1CN2CCCC2CN1C(=O)C(=O)Nc1ccc(C#N)cc1. The van der Waals surface area contributed by atoms with E-state index >= 15 is 0 Å². The van der Waals surface area contributed by atoms with Crippen LogP contribution in [-0.4, -0.2) is 53.3 Å². The maximum Gasteiger partial charge on any atom is 0.313 e. The van der Waals surface area contributed by atoms with Crippen molar-refractivity contribution in [2.45, 2.75) is 38.3 Å². The molecular formula is C18H22N4O2. The molecule has 0 saturated carbocycles. The van der Waals surface area contributed by atoms with Crippen LogP contribution in [0.2, 0.25) is 0 Å². The highest BCUT2D eigenvalue weighted by molar-refractivity contribution is 6.39. The van der Waals surface area contributed by atoms with Crippen molar-refractivity contribution in [1.29, 1.82) is 5.26 Å². The van der Waals surface area contributed by atoms with E-state index in [-0.39, 0.29) is 6.04 Å². The fourth-order valence-corrected chi connectivity index (χ4v) is 3.63. The first-order valence-corrected chi connectivity index (χ1v) is 8.48. The van der Waals surface area contributed by atoms with Crippen LogP contribution in [0.5, 0.6) is 0 Å². The van der Waals surface area contributed by atoms with Gasteiger partial charge in [0.25, 0.3) is 0 Å². The average molecular weight is 326 g/mol. The number of hydrogen-bond donors (Lipinski definition) is 1. The zero-order chi connectivity index (χ0) is 17.1. The number of anilines is 1. The van der Waals surface area contributed by atoms with Gasteiger partial charge in [0.05, 0.1) is 11.6 Å². The molecule has 2 amide bonds. The van der Waals surface area contributed by atoms with Crippen molar-refractivity contribution >= 4 is 17.5 Å². The maximum absolute atomic E-state index is 12.6. The number of hydrogen-bond acceptors (Lipinski definition) is 4. The van der Waals surface area contributed by atoms with Gasteiger partial charge < -0.3 is 10.2 Å². The average Bonchev–Trinajstić information content (AvgIpc) is 3.07. The van der Waals surface area contributed by atoms with E-state index in [0.717, 1.165) is 25.9 Å². The Bertz CT molecular complexity index is 665. The molecule has 1 N–H and O–H groups in total. The lowest BCUT2D eigenvalue weighted by molar-refractivity contribution is -0.147. The Kier molecular flexibility index (Phi) is 4.81. The van der Waals surface area contributed by atoms with Crippen molar-refractivity contribution in [3.63, 3.8) is 0 Å². The van der Waals surface area contributed by atoms with Gasteiger partial charge in [0.15, 0.2) is 0 Å². The molecule has 1 aromatic rings. The van der Waals surface area contributed by atoms with E-state index in [2.05, 4.69) is 17.1 Å². The normalized spacial score (nSPS) is 23.4. The van der Waals surface area contributed by atoms with Crippen LogP contribution in [0, 0.1) is 11.3 Å². The van der Waals surface area contributed by atoms with Crippen LogP contribution in [0.15, 0.2) is 24.3 Å². The van der Waals surface area contributed by atoms with E-state index < -0.39 is 11.8 Å². The molecule has 0 bridgehead atoms. The van der Waals surface area contributed by atoms with Gasteiger partial charge >= 0.3 is 11.8 Å². The fraction of sp³-hybridized carbons (Fsp3) is 0.500. The summed E-state index contributed by atoms with van der Waals surface area (Å²) in [6.07, 6.45) is 3.11. The predicted molar refractivity (Wildman–Crippen MR) is 90.2 cm³/mol. The van der Waals surface area contributed by atoms with E-state index in [4.69, 9.17) is 5.26 Å². The molecule has 2 saturated heterocycles. The smallest absolute Gasteiger partial charge is 0.313 e. The third-order valence-corrected chi connectivity index (χ3v) is 4.99. The molecule has 126 valence electrons. The first kappa shape index (κ1) is 16.5. The van der Waals surface area contributed by atoms with Gasteiger partial charge in [-0.2, -0.15) is 5.26 Å². The zero-order valence-corrected chi connectivity index (χ0v) is 13.9. The van der Waals surface area contributed by atoms with Crippen molar-refractivity contribution in [3.8, 4) is 6.07 Å².